The summed E-state index contributed by atoms with van der Waals surface area (Å²) in [5.41, 5.74) is 0. The third-order valence-electron chi connectivity index (χ3n) is 2.20. The Morgan fingerprint density at radius 2 is 2.21 bits per heavy atom. The zero-order chi connectivity index (χ0) is 13.8. The van der Waals surface area contributed by atoms with Crippen LogP contribution in [-0.4, -0.2) is 16.5 Å². The number of aromatic nitrogens is 2. The molecule has 19 heavy (non-hydrogen) atoms. The van der Waals surface area contributed by atoms with Crippen LogP contribution in [0.25, 0.3) is 0 Å². The SMILES string of the molecule is CCNc1ncnc(Oc2ccc(F)cc2Cl)c1Br. The van der Waals surface area contributed by atoms with Crippen molar-refractivity contribution in [2.45, 2.75) is 6.92 Å². The van der Waals surface area contributed by atoms with E-state index in [0.29, 0.717) is 28.5 Å². The molecule has 0 fully saturated rings. The number of benzene rings is 1. The van der Waals surface area contributed by atoms with Crippen LogP contribution in [0, 0.1) is 5.82 Å². The molecule has 1 N–H and O–H groups in total. The first-order valence-corrected chi connectivity index (χ1v) is 6.66. The summed E-state index contributed by atoms with van der Waals surface area (Å²) in [7, 11) is 0. The van der Waals surface area contributed by atoms with E-state index in [1.165, 1.54) is 24.5 Å². The highest BCUT2D eigenvalue weighted by atomic mass is 79.9. The summed E-state index contributed by atoms with van der Waals surface area (Å²) < 4.78 is 19.1. The van der Waals surface area contributed by atoms with Crippen LogP contribution in [0.2, 0.25) is 5.02 Å². The van der Waals surface area contributed by atoms with E-state index in [1.54, 1.807) is 0 Å². The number of nitrogens with zero attached hydrogens (tertiary/aromatic N) is 2. The summed E-state index contributed by atoms with van der Waals surface area (Å²) in [6.45, 7) is 2.66. The Balaban J connectivity index is 2.30. The molecular formula is C12H10BrClFN3O. The minimum atomic E-state index is -0.424. The van der Waals surface area contributed by atoms with Gasteiger partial charge in [0.2, 0.25) is 5.88 Å². The van der Waals surface area contributed by atoms with E-state index in [9.17, 15) is 4.39 Å². The monoisotopic (exact) mass is 345 g/mol. The Bertz CT molecular complexity index is 597. The third kappa shape index (κ3) is 3.33. The van der Waals surface area contributed by atoms with Gasteiger partial charge in [0.25, 0.3) is 0 Å². The van der Waals surface area contributed by atoms with Crippen molar-refractivity contribution in [2.24, 2.45) is 0 Å². The molecule has 0 saturated carbocycles. The van der Waals surface area contributed by atoms with E-state index in [0.717, 1.165) is 0 Å². The van der Waals surface area contributed by atoms with Crippen LogP contribution in [0.3, 0.4) is 0 Å². The largest absolute Gasteiger partial charge is 0.436 e. The molecule has 100 valence electrons. The molecule has 0 spiro atoms. The van der Waals surface area contributed by atoms with Gasteiger partial charge in [0.05, 0.1) is 5.02 Å². The fourth-order valence-electron chi connectivity index (χ4n) is 1.38. The van der Waals surface area contributed by atoms with Gasteiger partial charge in [0, 0.05) is 6.54 Å². The van der Waals surface area contributed by atoms with Crippen LogP contribution in [0.4, 0.5) is 10.2 Å². The number of hydrogen-bond acceptors (Lipinski definition) is 4. The summed E-state index contributed by atoms with van der Waals surface area (Å²) in [5, 5.41) is 3.23. The summed E-state index contributed by atoms with van der Waals surface area (Å²) in [4.78, 5) is 8.07. The number of anilines is 1. The minimum Gasteiger partial charge on any atom is -0.436 e. The predicted octanol–water partition coefficient (Wildman–Crippen LogP) is 4.26. The number of rotatable bonds is 4. The lowest BCUT2D eigenvalue weighted by atomic mass is 10.3. The molecule has 0 aliphatic rings. The zero-order valence-corrected chi connectivity index (χ0v) is 12.3. The van der Waals surface area contributed by atoms with Gasteiger partial charge in [-0.1, -0.05) is 11.6 Å². The first-order chi connectivity index (χ1) is 9.11. The minimum absolute atomic E-state index is 0.176. The van der Waals surface area contributed by atoms with Crippen molar-refractivity contribution in [3.8, 4) is 11.6 Å². The highest BCUT2D eigenvalue weighted by Crippen LogP contribution is 2.34. The van der Waals surface area contributed by atoms with Gasteiger partial charge in [-0.3, -0.25) is 0 Å². The van der Waals surface area contributed by atoms with Crippen LogP contribution in [0.15, 0.2) is 29.0 Å². The van der Waals surface area contributed by atoms with Gasteiger partial charge >= 0.3 is 0 Å². The maximum absolute atomic E-state index is 12.9. The Kier molecular flexibility index (Phi) is 4.55. The fourth-order valence-corrected chi connectivity index (χ4v) is 2.01. The molecule has 0 aliphatic heterocycles. The molecule has 0 saturated heterocycles. The first kappa shape index (κ1) is 14.0. The van der Waals surface area contributed by atoms with Crippen molar-refractivity contribution in [3.63, 3.8) is 0 Å². The standard InChI is InChI=1S/C12H10BrClFN3O/c1-2-16-11-10(13)12(18-6-17-11)19-9-4-3-7(15)5-8(9)14/h3-6H,2H2,1H3,(H,16,17,18). The number of ether oxygens (including phenoxy) is 1. The first-order valence-electron chi connectivity index (χ1n) is 5.49. The summed E-state index contributed by atoms with van der Waals surface area (Å²) in [6.07, 6.45) is 1.37. The van der Waals surface area contributed by atoms with Crippen LogP contribution in [-0.2, 0) is 0 Å². The van der Waals surface area contributed by atoms with Gasteiger partial charge in [-0.15, -0.1) is 0 Å². The van der Waals surface area contributed by atoms with Crippen LogP contribution >= 0.6 is 27.5 Å². The smallest absolute Gasteiger partial charge is 0.238 e. The normalized spacial score (nSPS) is 10.3. The maximum Gasteiger partial charge on any atom is 0.238 e. The van der Waals surface area contributed by atoms with Gasteiger partial charge in [0.15, 0.2) is 0 Å². The van der Waals surface area contributed by atoms with Gasteiger partial charge in [-0.2, -0.15) is 0 Å². The third-order valence-corrected chi connectivity index (χ3v) is 3.21. The fraction of sp³-hybridized carbons (Fsp3) is 0.167. The molecule has 1 aromatic carbocycles. The summed E-state index contributed by atoms with van der Waals surface area (Å²) in [6, 6.07) is 3.89. The van der Waals surface area contributed by atoms with Gasteiger partial charge < -0.3 is 10.1 Å². The van der Waals surface area contributed by atoms with E-state index in [1.807, 2.05) is 6.92 Å². The Labute approximate surface area is 123 Å². The molecular weight excluding hydrogens is 337 g/mol. The number of nitrogens with one attached hydrogen (secondary N) is 1. The van der Waals surface area contributed by atoms with Crippen LogP contribution < -0.4 is 10.1 Å². The topological polar surface area (TPSA) is 47.0 Å². The van der Waals surface area contributed by atoms with Crippen molar-refractivity contribution in [3.05, 3.63) is 39.8 Å². The molecule has 2 rings (SSSR count). The molecule has 0 unspecified atom stereocenters. The second-order valence-electron chi connectivity index (χ2n) is 3.55. The molecule has 1 aromatic heterocycles. The predicted molar refractivity (Wildman–Crippen MR) is 75.4 cm³/mol. The van der Waals surface area contributed by atoms with Gasteiger partial charge in [-0.25, -0.2) is 14.4 Å². The molecule has 0 atom stereocenters. The highest BCUT2D eigenvalue weighted by Gasteiger charge is 2.12. The van der Waals surface area contributed by atoms with Crippen molar-refractivity contribution in [1.29, 1.82) is 0 Å². The molecule has 0 radical (unpaired) electrons. The van der Waals surface area contributed by atoms with E-state index in [-0.39, 0.29) is 5.02 Å². The molecule has 7 heteroatoms. The summed E-state index contributed by atoms with van der Waals surface area (Å²) >= 11 is 9.24. The molecule has 0 aliphatic carbocycles. The molecule has 0 bridgehead atoms. The lowest BCUT2D eigenvalue weighted by Crippen LogP contribution is -2.02. The zero-order valence-electron chi connectivity index (χ0n) is 9.95. The highest BCUT2D eigenvalue weighted by molar-refractivity contribution is 9.10. The molecule has 0 amide bonds. The quantitative estimate of drug-likeness (QED) is 0.899. The lowest BCUT2D eigenvalue weighted by molar-refractivity contribution is 0.457. The van der Waals surface area contributed by atoms with E-state index in [4.69, 9.17) is 16.3 Å². The maximum atomic E-state index is 12.9. The van der Waals surface area contributed by atoms with Crippen LogP contribution in [0.5, 0.6) is 11.6 Å². The van der Waals surface area contributed by atoms with Gasteiger partial charge in [-0.05, 0) is 41.1 Å². The van der Waals surface area contributed by atoms with Crippen molar-refractivity contribution >= 4 is 33.3 Å². The second kappa shape index (κ2) is 6.16. The summed E-state index contributed by atoms with van der Waals surface area (Å²) in [5.74, 6) is 0.822. The Morgan fingerprint density at radius 3 is 2.89 bits per heavy atom. The second-order valence-corrected chi connectivity index (χ2v) is 4.75. The Hall–Kier alpha value is -1.40. The van der Waals surface area contributed by atoms with Crippen molar-refractivity contribution in [2.75, 3.05) is 11.9 Å². The van der Waals surface area contributed by atoms with E-state index in [2.05, 4.69) is 31.2 Å². The lowest BCUT2D eigenvalue weighted by Gasteiger charge is -2.10. The molecule has 4 nitrogen and oxygen atoms in total. The van der Waals surface area contributed by atoms with Crippen LogP contribution in [0.1, 0.15) is 6.92 Å². The number of halogens is 3. The molecule has 1 heterocycles. The number of hydrogen-bond donors (Lipinski definition) is 1. The van der Waals surface area contributed by atoms with E-state index < -0.39 is 5.82 Å². The molecule has 2 aromatic rings. The Morgan fingerprint density at radius 1 is 1.42 bits per heavy atom. The van der Waals surface area contributed by atoms with E-state index >= 15 is 0 Å². The average molecular weight is 347 g/mol. The van der Waals surface area contributed by atoms with Gasteiger partial charge in [0.1, 0.15) is 28.2 Å². The van der Waals surface area contributed by atoms with Crippen molar-refractivity contribution < 1.29 is 9.13 Å². The van der Waals surface area contributed by atoms with Crippen molar-refractivity contribution in [1.82, 2.24) is 9.97 Å². The average Bonchev–Trinajstić information content (AvgIpc) is 2.37.